The van der Waals surface area contributed by atoms with Crippen molar-refractivity contribution in [2.75, 3.05) is 5.32 Å². The zero-order chi connectivity index (χ0) is 10.8. The Hall–Kier alpha value is -2.03. The van der Waals surface area contributed by atoms with E-state index >= 15 is 0 Å². The number of amides is 1. The SMILES string of the molecule is Cc1[nH]c(=O)sc1C(=O)Nc1nn[nH]n1. The second-order valence-corrected chi connectivity index (χ2v) is 3.64. The number of rotatable bonds is 2. The fourth-order valence-corrected chi connectivity index (χ4v) is 1.73. The second-order valence-electron chi connectivity index (χ2n) is 2.66. The Kier molecular flexibility index (Phi) is 2.29. The predicted octanol–water partition coefficient (Wildman–Crippen LogP) is -0.490. The van der Waals surface area contributed by atoms with Crippen molar-refractivity contribution in [1.29, 1.82) is 0 Å². The lowest BCUT2D eigenvalue weighted by Gasteiger charge is -1.96. The van der Waals surface area contributed by atoms with Crippen LogP contribution in [0.2, 0.25) is 0 Å². The summed E-state index contributed by atoms with van der Waals surface area (Å²) in [6.07, 6.45) is 0. The number of carbonyl (C=O) groups is 1. The molecule has 0 aliphatic rings. The van der Waals surface area contributed by atoms with Crippen molar-refractivity contribution in [1.82, 2.24) is 25.6 Å². The summed E-state index contributed by atoms with van der Waals surface area (Å²) in [4.78, 5) is 25.1. The van der Waals surface area contributed by atoms with Gasteiger partial charge in [-0.1, -0.05) is 16.4 Å². The van der Waals surface area contributed by atoms with Gasteiger partial charge in [0.15, 0.2) is 0 Å². The maximum absolute atomic E-state index is 11.6. The first-order valence-corrected chi connectivity index (χ1v) is 4.73. The molecule has 0 spiro atoms. The molecule has 0 atom stereocenters. The summed E-state index contributed by atoms with van der Waals surface area (Å²) in [5, 5.41) is 15.0. The van der Waals surface area contributed by atoms with Crippen molar-refractivity contribution in [3.63, 3.8) is 0 Å². The summed E-state index contributed by atoms with van der Waals surface area (Å²) in [5.41, 5.74) is 0.519. The first kappa shape index (κ1) is 9.52. The number of anilines is 1. The highest BCUT2D eigenvalue weighted by atomic mass is 32.1. The van der Waals surface area contributed by atoms with Gasteiger partial charge in [-0.05, 0) is 12.1 Å². The van der Waals surface area contributed by atoms with E-state index in [2.05, 4.69) is 30.9 Å². The molecular formula is C6H6N6O2S. The van der Waals surface area contributed by atoms with Crippen LogP contribution in [-0.2, 0) is 0 Å². The van der Waals surface area contributed by atoms with Crippen molar-refractivity contribution in [2.45, 2.75) is 6.92 Å². The van der Waals surface area contributed by atoms with E-state index in [1.807, 2.05) is 0 Å². The van der Waals surface area contributed by atoms with Gasteiger partial charge < -0.3 is 4.98 Å². The van der Waals surface area contributed by atoms with Crippen LogP contribution < -0.4 is 10.2 Å². The number of aromatic nitrogens is 5. The number of thiazole rings is 1. The van der Waals surface area contributed by atoms with Crippen LogP contribution in [-0.4, -0.2) is 31.5 Å². The maximum Gasteiger partial charge on any atom is 0.305 e. The minimum Gasteiger partial charge on any atom is -0.316 e. The van der Waals surface area contributed by atoms with Crippen molar-refractivity contribution in [2.24, 2.45) is 0 Å². The molecule has 2 heterocycles. The maximum atomic E-state index is 11.6. The molecular weight excluding hydrogens is 220 g/mol. The molecule has 0 aliphatic carbocycles. The van der Waals surface area contributed by atoms with Gasteiger partial charge in [0.25, 0.3) is 11.9 Å². The van der Waals surface area contributed by atoms with Crippen molar-refractivity contribution in [3.05, 3.63) is 20.2 Å². The summed E-state index contributed by atoms with van der Waals surface area (Å²) in [6, 6.07) is 0. The Morgan fingerprint density at radius 2 is 2.33 bits per heavy atom. The average molecular weight is 226 g/mol. The van der Waals surface area contributed by atoms with E-state index in [4.69, 9.17) is 0 Å². The molecule has 0 saturated carbocycles. The van der Waals surface area contributed by atoms with E-state index in [0.29, 0.717) is 10.6 Å². The number of nitrogens with zero attached hydrogens (tertiary/aromatic N) is 3. The van der Waals surface area contributed by atoms with Gasteiger partial charge in [0, 0.05) is 5.69 Å². The van der Waals surface area contributed by atoms with Crippen molar-refractivity contribution in [3.8, 4) is 0 Å². The van der Waals surface area contributed by atoms with Crippen LogP contribution in [0.3, 0.4) is 0 Å². The number of carbonyl (C=O) groups excluding carboxylic acids is 1. The summed E-state index contributed by atoms with van der Waals surface area (Å²) >= 11 is 0.835. The van der Waals surface area contributed by atoms with E-state index in [1.165, 1.54) is 0 Å². The quantitative estimate of drug-likeness (QED) is 0.638. The van der Waals surface area contributed by atoms with Crippen LogP contribution in [0.4, 0.5) is 5.95 Å². The smallest absolute Gasteiger partial charge is 0.305 e. The fourth-order valence-electron chi connectivity index (χ4n) is 0.994. The largest absolute Gasteiger partial charge is 0.316 e. The number of tetrazole rings is 1. The Labute approximate surface area is 86.7 Å². The molecule has 3 N–H and O–H groups in total. The number of hydrogen-bond acceptors (Lipinski definition) is 6. The highest BCUT2D eigenvalue weighted by Crippen LogP contribution is 2.09. The lowest BCUT2D eigenvalue weighted by molar-refractivity contribution is 0.102. The molecule has 2 aromatic rings. The monoisotopic (exact) mass is 226 g/mol. The molecule has 0 bridgehead atoms. The highest BCUT2D eigenvalue weighted by Gasteiger charge is 2.14. The van der Waals surface area contributed by atoms with Crippen LogP contribution in [0.25, 0.3) is 0 Å². The zero-order valence-corrected chi connectivity index (χ0v) is 8.38. The van der Waals surface area contributed by atoms with Gasteiger partial charge in [-0.3, -0.25) is 14.9 Å². The Bertz CT molecular complexity index is 526. The van der Waals surface area contributed by atoms with Gasteiger partial charge >= 0.3 is 4.87 Å². The summed E-state index contributed by atoms with van der Waals surface area (Å²) < 4.78 is 0. The molecule has 8 nitrogen and oxygen atoms in total. The summed E-state index contributed by atoms with van der Waals surface area (Å²) in [7, 11) is 0. The standard InChI is InChI=1S/C6H6N6O2S/c1-2-3(15-6(14)7-2)4(13)8-5-9-11-12-10-5/h1H3,(H,7,14)(H2,8,9,10,11,12,13). The molecule has 78 valence electrons. The second kappa shape index (κ2) is 3.61. The molecule has 0 unspecified atom stereocenters. The number of aryl methyl sites for hydroxylation is 1. The molecule has 15 heavy (non-hydrogen) atoms. The van der Waals surface area contributed by atoms with E-state index in [1.54, 1.807) is 6.92 Å². The Balaban J connectivity index is 2.22. The molecule has 0 radical (unpaired) electrons. The van der Waals surface area contributed by atoms with Gasteiger partial charge in [0.2, 0.25) is 0 Å². The topological polar surface area (TPSA) is 116 Å². The van der Waals surface area contributed by atoms with Crippen LogP contribution in [0.5, 0.6) is 0 Å². The lowest BCUT2D eigenvalue weighted by atomic mass is 10.4. The molecule has 0 aliphatic heterocycles. The van der Waals surface area contributed by atoms with Gasteiger partial charge in [0.1, 0.15) is 4.88 Å². The third-order valence-electron chi connectivity index (χ3n) is 1.60. The number of nitrogens with one attached hydrogen (secondary N) is 3. The Morgan fingerprint density at radius 1 is 1.53 bits per heavy atom. The molecule has 9 heteroatoms. The summed E-state index contributed by atoms with van der Waals surface area (Å²) in [5.74, 6) is -0.363. The zero-order valence-electron chi connectivity index (χ0n) is 7.57. The molecule has 0 fully saturated rings. The normalized spacial score (nSPS) is 10.2. The number of H-pyrrole nitrogens is 2. The Morgan fingerprint density at radius 3 is 2.87 bits per heavy atom. The van der Waals surface area contributed by atoms with Crippen LogP contribution in [0.1, 0.15) is 15.4 Å². The molecule has 2 aromatic heterocycles. The first-order valence-electron chi connectivity index (χ1n) is 3.91. The summed E-state index contributed by atoms with van der Waals surface area (Å²) in [6.45, 7) is 1.64. The van der Waals surface area contributed by atoms with E-state index in [9.17, 15) is 9.59 Å². The average Bonchev–Trinajstić information content (AvgIpc) is 2.75. The van der Waals surface area contributed by atoms with Gasteiger partial charge in [-0.15, -0.1) is 5.10 Å². The van der Waals surface area contributed by atoms with Gasteiger partial charge in [-0.25, -0.2) is 0 Å². The number of hydrogen-bond donors (Lipinski definition) is 3. The highest BCUT2D eigenvalue weighted by molar-refractivity contribution is 7.11. The van der Waals surface area contributed by atoms with Gasteiger partial charge in [0.05, 0.1) is 0 Å². The third kappa shape index (κ3) is 1.91. The minimum absolute atomic E-state index is 0.0697. The molecule has 0 aromatic carbocycles. The minimum atomic E-state index is -0.433. The van der Waals surface area contributed by atoms with Gasteiger partial charge in [-0.2, -0.15) is 5.21 Å². The fraction of sp³-hybridized carbons (Fsp3) is 0.167. The third-order valence-corrected chi connectivity index (χ3v) is 2.58. The van der Waals surface area contributed by atoms with Crippen molar-refractivity contribution >= 4 is 23.2 Å². The van der Waals surface area contributed by atoms with E-state index in [0.717, 1.165) is 11.3 Å². The lowest BCUT2D eigenvalue weighted by Crippen LogP contribution is -2.12. The predicted molar refractivity (Wildman–Crippen MR) is 51.8 cm³/mol. The van der Waals surface area contributed by atoms with Crippen LogP contribution in [0.15, 0.2) is 4.79 Å². The van der Waals surface area contributed by atoms with E-state index < -0.39 is 5.91 Å². The van der Waals surface area contributed by atoms with Crippen LogP contribution in [0, 0.1) is 6.92 Å². The van der Waals surface area contributed by atoms with Crippen molar-refractivity contribution < 1.29 is 4.79 Å². The number of aromatic amines is 2. The molecule has 0 saturated heterocycles. The molecule has 2 rings (SSSR count). The van der Waals surface area contributed by atoms with Crippen LogP contribution >= 0.6 is 11.3 Å². The molecule has 1 amide bonds. The van der Waals surface area contributed by atoms with E-state index in [-0.39, 0.29) is 10.8 Å². The first-order chi connectivity index (χ1) is 7.16.